The van der Waals surface area contributed by atoms with Gasteiger partial charge in [0.25, 0.3) is 0 Å². The van der Waals surface area contributed by atoms with Crippen molar-refractivity contribution in [1.29, 1.82) is 0 Å². The van der Waals surface area contributed by atoms with Crippen LogP contribution in [0.2, 0.25) is 0 Å². The van der Waals surface area contributed by atoms with Crippen molar-refractivity contribution in [3.8, 4) is 0 Å². The number of nitrogens with zero attached hydrogens (tertiary/aromatic N) is 1. The molecule has 1 rings (SSSR count). The third-order valence-electron chi connectivity index (χ3n) is 3.33. The second kappa shape index (κ2) is 6.89. The number of likely N-dealkylation sites (tertiary alicyclic amines) is 1. The van der Waals surface area contributed by atoms with Crippen LogP contribution in [0, 0.1) is 5.92 Å². The Morgan fingerprint density at radius 2 is 2.00 bits per heavy atom. The summed E-state index contributed by atoms with van der Waals surface area (Å²) in [6.45, 7) is 5.63. The van der Waals surface area contributed by atoms with Crippen LogP contribution in [-0.4, -0.2) is 35.1 Å². The first kappa shape index (κ1) is 13.5. The van der Waals surface area contributed by atoms with Crippen LogP contribution < -0.4 is 0 Å². The summed E-state index contributed by atoms with van der Waals surface area (Å²) in [6, 6.07) is 0. The van der Waals surface area contributed by atoms with E-state index in [1.54, 1.807) is 0 Å². The van der Waals surface area contributed by atoms with Crippen LogP contribution in [0.1, 0.15) is 52.4 Å². The Morgan fingerprint density at radius 1 is 1.38 bits per heavy atom. The minimum atomic E-state index is -0.304. The van der Waals surface area contributed by atoms with E-state index in [0.717, 1.165) is 45.1 Å². The number of carbonyl (C=O) groups excluding carboxylic acids is 1. The van der Waals surface area contributed by atoms with Crippen LogP contribution in [-0.2, 0) is 4.79 Å². The van der Waals surface area contributed by atoms with E-state index in [-0.39, 0.29) is 17.9 Å². The van der Waals surface area contributed by atoms with Gasteiger partial charge in [0.05, 0.1) is 6.10 Å². The number of β-amino-alcohol motifs (C(OH)–C–C–N with tert-alkyl or cyclic N) is 1. The normalized spacial score (nSPS) is 21.5. The molecule has 0 aromatic rings. The van der Waals surface area contributed by atoms with Gasteiger partial charge in [-0.15, -0.1) is 0 Å². The molecule has 1 fully saturated rings. The highest BCUT2D eigenvalue weighted by Gasteiger charge is 2.26. The van der Waals surface area contributed by atoms with Gasteiger partial charge in [0.2, 0.25) is 5.91 Å². The molecule has 0 saturated carbocycles. The fraction of sp³-hybridized carbons (Fsp3) is 0.923. The number of aliphatic hydroxyl groups excluding tert-OH is 1. The first-order valence-electron chi connectivity index (χ1n) is 6.65. The summed E-state index contributed by atoms with van der Waals surface area (Å²) in [5.41, 5.74) is 0. The number of piperidine rings is 1. The molecule has 1 N–H and O–H groups in total. The first-order valence-corrected chi connectivity index (χ1v) is 6.65. The Labute approximate surface area is 98.8 Å². The molecular formula is C13H25NO2. The highest BCUT2D eigenvalue weighted by molar-refractivity contribution is 5.78. The maximum Gasteiger partial charge on any atom is 0.225 e. The van der Waals surface area contributed by atoms with Gasteiger partial charge in [-0.05, 0) is 25.7 Å². The molecule has 0 spiro atoms. The van der Waals surface area contributed by atoms with Crippen molar-refractivity contribution >= 4 is 5.91 Å². The lowest BCUT2D eigenvalue weighted by Gasteiger charge is -2.33. The Kier molecular flexibility index (Phi) is 5.81. The molecule has 94 valence electrons. The van der Waals surface area contributed by atoms with Gasteiger partial charge in [-0.1, -0.05) is 26.7 Å². The van der Waals surface area contributed by atoms with Crippen LogP contribution in [0.25, 0.3) is 0 Å². The molecule has 0 unspecified atom stereocenters. The van der Waals surface area contributed by atoms with Crippen molar-refractivity contribution in [2.24, 2.45) is 5.92 Å². The van der Waals surface area contributed by atoms with Crippen molar-refractivity contribution in [1.82, 2.24) is 4.90 Å². The molecule has 3 heteroatoms. The van der Waals surface area contributed by atoms with Gasteiger partial charge in [-0.3, -0.25) is 4.79 Å². The largest absolute Gasteiger partial charge is 0.391 e. The SMILES string of the molecule is CCCC(CCC)C(=O)N1CCC[C@@H](O)C1. The summed E-state index contributed by atoms with van der Waals surface area (Å²) in [4.78, 5) is 14.1. The monoisotopic (exact) mass is 227 g/mol. The molecule has 0 aliphatic carbocycles. The molecule has 1 aliphatic rings. The van der Waals surface area contributed by atoms with Gasteiger partial charge < -0.3 is 10.0 Å². The van der Waals surface area contributed by atoms with E-state index in [2.05, 4.69) is 13.8 Å². The Balaban J connectivity index is 2.51. The molecule has 0 bridgehead atoms. The summed E-state index contributed by atoms with van der Waals surface area (Å²) < 4.78 is 0. The quantitative estimate of drug-likeness (QED) is 0.782. The highest BCUT2D eigenvalue weighted by Crippen LogP contribution is 2.19. The zero-order valence-electron chi connectivity index (χ0n) is 10.6. The average Bonchev–Trinajstić information content (AvgIpc) is 2.28. The van der Waals surface area contributed by atoms with E-state index >= 15 is 0 Å². The topological polar surface area (TPSA) is 40.5 Å². The third-order valence-corrected chi connectivity index (χ3v) is 3.33. The number of hydrogen-bond donors (Lipinski definition) is 1. The van der Waals surface area contributed by atoms with Gasteiger partial charge in [0, 0.05) is 19.0 Å². The summed E-state index contributed by atoms with van der Waals surface area (Å²) in [7, 11) is 0. The second-order valence-corrected chi connectivity index (χ2v) is 4.85. The Morgan fingerprint density at radius 3 is 2.50 bits per heavy atom. The molecule has 3 nitrogen and oxygen atoms in total. The van der Waals surface area contributed by atoms with Gasteiger partial charge >= 0.3 is 0 Å². The number of amides is 1. The lowest BCUT2D eigenvalue weighted by molar-refractivity contribution is -0.139. The average molecular weight is 227 g/mol. The van der Waals surface area contributed by atoms with Gasteiger partial charge in [0.1, 0.15) is 0 Å². The van der Waals surface area contributed by atoms with Crippen LogP contribution >= 0.6 is 0 Å². The molecule has 0 aromatic carbocycles. The Hall–Kier alpha value is -0.570. The fourth-order valence-electron chi connectivity index (χ4n) is 2.50. The van der Waals surface area contributed by atoms with Crippen molar-refractivity contribution in [2.75, 3.05) is 13.1 Å². The number of aliphatic hydroxyl groups is 1. The zero-order valence-corrected chi connectivity index (χ0v) is 10.6. The number of hydrogen-bond acceptors (Lipinski definition) is 2. The molecular weight excluding hydrogens is 202 g/mol. The second-order valence-electron chi connectivity index (χ2n) is 4.85. The van der Waals surface area contributed by atoms with Crippen molar-refractivity contribution in [2.45, 2.75) is 58.5 Å². The molecule has 1 amide bonds. The molecule has 16 heavy (non-hydrogen) atoms. The predicted octanol–water partition coefficient (Wildman–Crippen LogP) is 2.19. The molecule has 1 atom stereocenters. The van der Waals surface area contributed by atoms with E-state index in [1.807, 2.05) is 4.90 Å². The maximum absolute atomic E-state index is 12.2. The molecule has 1 saturated heterocycles. The smallest absolute Gasteiger partial charge is 0.225 e. The van der Waals surface area contributed by atoms with E-state index < -0.39 is 0 Å². The van der Waals surface area contributed by atoms with Crippen LogP contribution in [0.5, 0.6) is 0 Å². The summed E-state index contributed by atoms with van der Waals surface area (Å²) in [5, 5.41) is 9.58. The van der Waals surface area contributed by atoms with Gasteiger partial charge in [0.15, 0.2) is 0 Å². The van der Waals surface area contributed by atoms with E-state index in [0.29, 0.717) is 6.54 Å². The van der Waals surface area contributed by atoms with Crippen LogP contribution in [0.4, 0.5) is 0 Å². The minimum Gasteiger partial charge on any atom is -0.391 e. The van der Waals surface area contributed by atoms with E-state index in [1.165, 1.54) is 0 Å². The summed E-state index contributed by atoms with van der Waals surface area (Å²) in [6.07, 6.45) is 5.58. The fourth-order valence-corrected chi connectivity index (χ4v) is 2.50. The maximum atomic E-state index is 12.2. The van der Waals surface area contributed by atoms with Crippen molar-refractivity contribution in [3.63, 3.8) is 0 Å². The van der Waals surface area contributed by atoms with E-state index in [9.17, 15) is 9.90 Å². The third kappa shape index (κ3) is 3.78. The lowest BCUT2D eigenvalue weighted by Crippen LogP contribution is -2.44. The number of carbonyl (C=O) groups is 1. The number of rotatable bonds is 5. The molecule has 1 heterocycles. The predicted molar refractivity (Wildman–Crippen MR) is 65.1 cm³/mol. The van der Waals surface area contributed by atoms with Gasteiger partial charge in [-0.2, -0.15) is 0 Å². The minimum absolute atomic E-state index is 0.181. The standard InChI is InChI=1S/C13H25NO2/c1-3-6-11(7-4-2)13(16)14-9-5-8-12(15)10-14/h11-12,15H,3-10H2,1-2H3/t12-/m1/s1. The Bertz CT molecular complexity index is 205. The lowest BCUT2D eigenvalue weighted by atomic mass is 9.95. The molecule has 0 aromatic heterocycles. The first-order chi connectivity index (χ1) is 7.69. The van der Waals surface area contributed by atoms with Gasteiger partial charge in [-0.25, -0.2) is 0 Å². The summed E-state index contributed by atoms with van der Waals surface area (Å²) in [5.74, 6) is 0.447. The van der Waals surface area contributed by atoms with Crippen molar-refractivity contribution < 1.29 is 9.90 Å². The summed E-state index contributed by atoms with van der Waals surface area (Å²) >= 11 is 0. The van der Waals surface area contributed by atoms with E-state index in [4.69, 9.17) is 0 Å². The zero-order chi connectivity index (χ0) is 12.0. The van der Waals surface area contributed by atoms with Crippen LogP contribution in [0.3, 0.4) is 0 Å². The molecule has 1 aliphatic heterocycles. The highest BCUT2D eigenvalue weighted by atomic mass is 16.3. The van der Waals surface area contributed by atoms with Crippen molar-refractivity contribution in [3.05, 3.63) is 0 Å². The van der Waals surface area contributed by atoms with Crippen LogP contribution in [0.15, 0.2) is 0 Å². The molecule has 0 radical (unpaired) electrons.